The van der Waals surface area contributed by atoms with Crippen molar-refractivity contribution < 1.29 is 9.18 Å². The smallest absolute Gasteiger partial charge is 0.221 e. The van der Waals surface area contributed by atoms with Gasteiger partial charge in [-0.3, -0.25) is 9.69 Å². The van der Waals surface area contributed by atoms with E-state index in [0.717, 1.165) is 32.7 Å². The van der Waals surface area contributed by atoms with Gasteiger partial charge in [-0.05, 0) is 49.1 Å². The number of rotatable bonds is 7. The number of amides is 1. The van der Waals surface area contributed by atoms with Gasteiger partial charge in [0.2, 0.25) is 5.91 Å². The van der Waals surface area contributed by atoms with Crippen LogP contribution in [0.5, 0.6) is 0 Å². The number of piperazine rings is 1. The Morgan fingerprint density at radius 3 is 2.54 bits per heavy atom. The molecule has 150 valence electrons. The average molecular weight is 384 g/mol. The molecule has 0 aromatic heterocycles. The summed E-state index contributed by atoms with van der Waals surface area (Å²) in [6, 6.07) is 13.2. The van der Waals surface area contributed by atoms with Crippen LogP contribution in [-0.4, -0.2) is 50.1 Å². The lowest BCUT2D eigenvalue weighted by molar-refractivity contribution is -0.121. The molecule has 1 aliphatic rings. The van der Waals surface area contributed by atoms with E-state index >= 15 is 0 Å². The maximum absolute atomic E-state index is 13.6. The Labute approximate surface area is 167 Å². The van der Waals surface area contributed by atoms with Crippen molar-refractivity contribution in [2.75, 3.05) is 44.2 Å². The molecule has 0 radical (unpaired) electrons. The molecule has 1 heterocycles. The van der Waals surface area contributed by atoms with Crippen molar-refractivity contribution in [2.45, 2.75) is 26.7 Å². The zero-order valence-corrected chi connectivity index (χ0v) is 16.9. The van der Waals surface area contributed by atoms with Crippen LogP contribution >= 0.6 is 0 Å². The Morgan fingerprint density at radius 1 is 1.04 bits per heavy atom. The molecule has 1 saturated heterocycles. The van der Waals surface area contributed by atoms with Gasteiger partial charge in [-0.1, -0.05) is 30.3 Å². The van der Waals surface area contributed by atoms with Gasteiger partial charge in [0.15, 0.2) is 0 Å². The predicted molar refractivity (Wildman–Crippen MR) is 112 cm³/mol. The molecule has 2 aromatic carbocycles. The minimum Gasteiger partial charge on any atom is -0.369 e. The number of halogens is 1. The maximum Gasteiger partial charge on any atom is 0.221 e. The molecule has 1 fully saturated rings. The van der Waals surface area contributed by atoms with Gasteiger partial charge in [-0.25, -0.2) is 4.39 Å². The molecule has 4 nitrogen and oxygen atoms in total. The van der Waals surface area contributed by atoms with E-state index in [4.69, 9.17) is 0 Å². The average Bonchev–Trinajstić information content (AvgIpc) is 2.70. The summed E-state index contributed by atoms with van der Waals surface area (Å²) in [5.41, 5.74) is 4.65. The van der Waals surface area contributed by atoms with E-state index in [-0.39, 0.29) is 11.7 Å². The van der Waals surface area contributed by atoms with Crippen LogP contribution in [0, 0.1) is 19.7 Å². The monoisotopic (exact) mass is 383 g/mol. The lowest BCUT2D eigenvalue weighted by Gasteiger charge is -2.37. The van der Waals surface area contributed by atoms with Crippen molar-refractivity contribution in [2.24, 2.45) is 0 Å². The van der Waals surface area contributed by atoms with Crippen molar-refractivity contribution in [1.29, 1.82) is 0 Å². The Balaban J connectivity index is 1.36. The largest absolute Gasteiger partial charge is 0.369 e. The van der Waals surface area contributed by atoms with Crippen LogP contribution in [0.2, 0.25) is 0 Å². The molecule has 3 rings (SSSR count). The number of hydrogen-bond acceptors (Lipinski definition) is 3. The van der Waals surface area contributed by atoms with Crippen LogP contribution in [0.25, 0.3) is 0 Å². The Morgan fingerprint density at radius 2 is 1.79 bits per heavy atom. The Bertz CT molecular complexity index is 800. The summed E-state index contributed by atoms with van der Waals surface area (Å²) in [6.45, 7) is 9.49. The fourth-order valence-electron chi connectivity index (χ4n) is 3.68. The van der Waals surface area contributed by atoms with Crippen molar-refractivity contribution in [3.8, 4) is 0 Å². The summed E-state index contributed by atoms with van der Waals surface area (Å²) < 4.78 is 13.6. The van der Waals surface area contributed by atoms with Crippen molar-refractivity contribution in [3.63, 3.8) is 0 Å². The highest BCUT2D eigenvalue weighted by atomic mass is 19.1. The number of hydrogen-bond donors (Lipinski definition) is 1. The van der Waals surface area contributed by atoms with E-state index in [1.165, 1.54) is 22.9 Å². The molecule has 1 amide bonds. The fourth-order valence-corrected chi connectivity index (χ4v) is 3.68. The number of anilines is 1. The molecule has 0 atom stereocenters. The van der Waals surface area contributed by atoms with Gasteiger partial charge >= 0.3 is 0 Å². The molecule has 2 aromatic rings. The van der Waals surface area contributed by atoms with Crippen molar-refractivity contribution in [3.05, 3.63) is 65.0 Å². The summed E-state index contributed by atoms with van der Waals surface area (Å²) in [5, 5.41) is 2.90. The minimum atomic E-state index is -0.210. The van der Waals surface area contributed by atoms with Gasteiger partial charge in [0.05, 0.1) is 0 Å². The first-order valence-electron chi connectivity index (χ1n) is 10.1. The van der Waals surface area contributed by atoms with Crippen LogP contribution in [-0.2, 0) is 11.2 Å². The summed E-state index contributed by atoms with van der Waals surface area (Å²) >= 11 is 0. The third-order valence-corrected chi connectivity index (χ3v) is 5.62. The van der Waals surface area contributed by atoms with Crippen molar-refractivity contribution in [1.82, 2.24) is 10.2 Å². The predicted octanol–water partition coefficient (Wildman–Crippen LogP) is 3.31. The van der Waals surface area contributed by atoms with Gasteiger partial charge in [-0.2, -0.15) is 0 Å². The molecular weight excluding hydrogens is 353 g/mol. The van der Waals surface area contributed by atoms with Gasteiger partial charge in [0.25, 0.3) is 0 Å². The number of carbonyl (C=O) groups is 1. The van der Waals surface area contributed by atoms with Gasteiger partial charge in [0.1, 0.15) is 5.82 Å². The first kappa shape index (κ1) is 20.3. The third-order valence-electron chi connectivity index (χ3n) is 5.62. The normalized spacial score (nSPS) is 14.9. The topological polar surface area (TPSA) is 35.6 Å². The highest BCUT2D eigenvalue weighted by Crippen LogP contribution is 2.23. The number of carbonyl (C=O) groups excluding carboxylic acids is 1. The number of nitrogens with one attached hydrogen (secondary N) is 1. The first-order valence-corrected chi connectivity index (χ1v) is 10.1. The zero-order valence-electron chi connectivity index (χ0n) is 16.9. The summed E-state index contributed by atoms with van der Waals surface area (Å²) in [7, 11) is 0. The lowest BCUT2D eigenvalue weighted by Crippen LogP contribution is -2.47. The molecule has 1 N–H and O–H groups in total. The summed E-state index contributed by atoms with van der Waals surface area (Å²) in [5.74, 6) is -0.174. The third kappa shape index (κ3) is 5.32. The molecule has 28 heavy (non-hydrogen) atoms. The highest BCUT2D eigenvalue weighted by Gasteiger charge is 2.19. The minimum absolute atomic E-state index is 0.0355. The Kier molecular flexibility index (Phi) is 7.04. The molecule has 0 spiro atoms. The fraction of sp³-hybridized carbons (Fsp3) is 0.435. The van der Waals surface area contributed by atoms with Crippen LogP contribution in [0.15, 0.2) is 42.5 Å². The Hall–Kier alpha value is -2.40. The molecular formula is C23H30FN3O. The second-order valence-corrected chi connectivity index (χ2v) is 7.49. The second kappa shape index (κ2) is 9.69. The van der Waals surface area contributed by atoms with Gasteiger partial charge in [0, 0.05) is 51.4 Å². The second-order valence-electron chi connectivity index (χ2n) is 7.49. The van der Waals surface area contributed by atoms with Crippen LogP contribution in [0.3, 0.4) is 0 Å². The molecule has 5 heteroatoms. The maximum atomic E-state index is 13.6. The number of nitrogens with zero attached hydrogens (tertiary/aromatic N) is 2. The van der Waals surface area contributed by atoms with E-state index in [2.05, 4.69) is 47.2 Å². The van der Waals surface area contributed by atoms with Gasteiger partial charge < -0.3 is 10.2 Å². The van der Waals surface area contributed by atoms with Gasteiger partial charge in [-0.15, -0.1) is 0 Å². The molecule has 0 aliphatic carbocycles. The number of benzene rings is 2. The standard InChI is InChI=1S/C23H30FN3O/c1-18-6-5-9-22(19(18)2)27-16-14-26(15-17-27)13-11-23(28)25-12-10-20-7-3-4-8-21(20)24/h3-9H,10-17H2,1-2H3,(H,25,28). The van der Waals surface area contributed by atoms with Crippen molar-refractivity contribution >= 4 is 11.6 Å². The SMILES string of the molecule is Cc1cccc(N2CCN(CCC(=O)NCCc3ccccc3F)CC2)c1C. The van der Waals surface area contributed by atoms with E-state index in [1.54, 1.807) is 12.1 Å². The molecule has 0 bridgehead atoms. The highest BCUT2D eigenvalue weighted by molar-refractivity contribution is 5.76. The molecule has 0 unspecified atom stereocenters. The summed E-state index contributed by atoms with van der Waals surface area (Å²) in [6.07, 6.45) is 1.01. The van der Waals surface area contributed by atoms with Crippen LogP contribution in [0.1, 0.15) is 23.1 Å². The van der Waals surface area contributed by atoms with Crippen LogP contribution in [0.4, 0.5) is 10.1 Å². The molecule has 0 saturated carbocycles. The number of aryl methyl sites for hydroxylation is 1. The van der Waals surface area contributed by atoms with E-state index in [9.17, 15) is 9.18 Å². The lowest BCUT2D eigenvalue weighted by atomic mass is 10.1. The quantitative estimate of drug-likeness (QED) is 0.797. The van der Waals surface area contributed by atoms with E-state index in [1.807, 2.05) is 6.07 Å². The van der Waals surface area contributed by atoms with Crippen LogP contribution < -0.4 is 10.2 Å². The van der Waals surface area contributed by atoms with E-state index < -0.39 is 0 Å². The zero-order chi connectivity index (χ0) is 19.9. The summed E-state index contributed by atoms with van der Waals surface area (Å²) in [4.78, 5) is 16.9. The van der Waals surface area contributed by atoms with E-state index in [0.29, 0.717) is 24.9 Å². The molecule has 1 aliphatic heterocycles. The first-order chi connectivity index (χ1) is 13.5.